The Hall–Kier alpha value is 0.248. The zero-order valence-electron chi connectivity index (χ0n) is 8.72. The van der Waals surface area contributed by atoms with Gasteiger partial charge in [0.1, 0.15) is 0 Å². The first-order chi connectivity index (χ1) is 6.70. The second kappa shape index (κ2) is 6.86. The van der Waals surface area contributed by atoms with Gasteiger partial charge in [-0.15, -0.1) is 0 Å². The van der Waals surface area contributed by atoms with Gasteiger partial charge in [0, 0.05) is 65.4 Å². The van der Waals surface area contributed by atoms with Crippen molar-refractivity contribution in [3.63, 3.8) is 0 Å². The van der Waals surface area contributed by atoms with E-state index in [1.54, 1.807) is 6.08 Å². The van der Waals surface area contributed by atoms with E-state index in [4.69, 9.17) is 0 Å². The van der Waals surface area contributed by atoms with Crippen LogP contribution < -0.4 is 0 Å². The van der Waals surface area contributed by atoms with Crippen LogP contribution in [-0.4, -0.2) is 10.2 Å². The van der Waals surface area contributed by atoms with Gasteiger partial charge in [0.25, 0.3) is 0 Å². The van der Waals surface area contributed by atoms with Crippen LogP contribution in [0.3, 0.4) is 0 Å². The van der Waals surface area contributed by atoms with Crippen molar-refractivity contribution < 1.29 is 75.6 Å². The van der Waals surface area contributed by atoms with Crippen molar-refractivity contribution in [2.75, 3.05) is 0 Å². The average Bonchev–Trinajstić information content (AvgIpc) is 2.19. The fraction of sp³-hybridized carbons (Fsp3) is 0. The minimum absolute atomic E-state index is 0. The molecule has 0 bridgehead atoms. The van der Waals surface area contributed by atoms with Crippen molar-refractivity contribution in [2.24, 2.45) is 0 Å². The van der Waals surface area contributed by atoms with Crippen LogP contribution in [0.2, 0.25) is 0 Å². The van der Waals surface area contributed by atoms with E-state index in [9.17, 15) is 10.2 Å². The number of fused-ring (bicyclic) bond motifs is 1. The molecule has 2 rings (SSSR count). The van der Waals surface area contributed by atoms with Gasteiger partial charge in [0.05, 0.1) is 0 Å². The monoisotopic (exact) mass is 364 g/mol. The van der Waals surface area contributed by atoms with Crippen LogP contribution in [0.5, 0.6) is 11.5 Å². The molecule has 2 N–H and O–H groups in total. The van der Waals surface area contributed by atoms with E-state index < -0.39 is 0 Å². The maximum Gasteiger partial charge on any atom is 0.158 e. The number of aromatic hydroxyl groups is 2. The van der Waals surface area contributed by atoms with Crippen LogP contribution in [0.4, 0.5) is 0 Å². The molecular weight excluding hydrogens is 354 g/mol. The number of hydrogen-bond donors (Lipinski definition) is 2. The third-order valence-corrected chi connectivity index (χ3v) is 2.19. The molecule has 0 unspecified atom stereocenters. The standard InChI is InChI=1S/C12H10O2.2Y/c1-2-8-3-4-9-6-11(13)12(14)7-10(9)5-8;;/h2-7,13-14H,1H2;;. The van der Waals surface area contributed by atoms with Crippen LogP contribution in [0.1, 0.15) is 5.56 Å². The summed E-state index contributed by atoms with van der Waals surface area (Å²) in [5, 5.41) is 20.4. The summed E-state index contributed by atoms with van der Waals surface area (Å²) in [7, 11) is 0. The molecule has 0 amide bonds. The molecule has 4 heteroatoms. The SMILES string of the molecule is C=Cc1ccc2cc(O)c(O)cc2c1.[Y].[Y]. The van der Waals surface area contributed by atoms with Gasteiger partial charge in [-0.2, -0.15) is 0 Å². The largest absolute Gasteiger partial charge is 0.504 e. The molecule has 2 aromatic carbocycles. The van der Waals surface area contributed by atoms with Gasteiger partial charge in [0.15, 0.2) is 11.5 Å². The Morgan fingerprint density at radius 1 is 0.875 bits per heavy atom. The maximum absolute atomic E-state index is 9.31. The first-order valence-electron chi connectivity index (χ1n) is 4.29. The fourth-order valence-corrected chi connectivity index (χ4v) is 1.42. The summed E-state index contributed by atoms with van der Waals surface area (Å²) in [6.07, 6.45) is 1.74. The molecule has 0 aliphatic heterocycles. The minimum Gasteiger partial charge on any atom is -0.504 e. The van der Waals surface area contributed by atoms with E-state index >= 15 is 0 Å². The number of rotatable bonds is 1. The fourth-order valence-electron chi connectivity index (χ4n) is 1.42. The second-order valence-corrected chi connectivity index (χ2v) is 3.15. The van der Waals surface area contributed by atoms with Crippen LogP contribution in [0.15, 0.2) is 36.9 Å². The summed E-state index contributed by atoms with van der Waals surface area (Å²) >= 11 is 0. The minimum atomic E-state index is -0.0984. The van der Waals surface area contributed by atoms with E-state index in [1.165, 1.54) is 12.1 Å². The van der Waals surface area contributed by atoms with E-state index in [0.29, 0.717) is 0 Å². The molecule has 16 heavy (non-hydrogen) atoms. The van der Waals surface area contributed by atoms with Gasteiger partial charge < -0.3 is 10.2 Å². The Labute approximate surface area is 145 Å². The topological polar surface area (TPSA) is 40.5 Å². The Morgan fingerprint density at radius 3 is 2.00 bits per heavy atom. The van der Waals surface area contributed by atoms with Gasteiger partial charge in [0.2, 0.25) is 0 Å². The Morgan fingerprint density at radius 2 is 1.44 bits per heavy atom. The van der Waals surface area contributed by atoms with Gasteiger partial charge in [-0.3, -0.25) is 0 Å². The third-order valence-electron chi connectivity index (χ3n) is 2.19. The summed E-state index contributed by atoms with van der Waals surface area (Å²) in [6.45, 7) is 3.67. The molecule has 0 saturated heterocycles. The molecule has 2 nitrogen and oxygen atoms in total. The molecule has 0 spiro atoms. The molecular formula is C12H10O2Y2. The van der Waals surface area contributed by atoms with Crippen LogP contribution >= 0.6 is 0 Å². The molecule has 0 fully saturated rings. The van der Waals surface area contributed by atoms with Crippen molar-refractivity contribution in [3.05, 3.63) is 42.5 Å². The van der Waals surface area contributed by atoms with Gasteiger partial charge >= 0.3 is 0 Å². The molecule has 0 saturated carbocycles. The van der Waals surface area contributed by atoms with Crippen molar-refractivity contribution in [2.45, 2.75) is 0 Å². The summed E-state index contributed by atoms with van der Waals surface area (Å²) in [4.78, 5) is 0. The van der Waals surface area contributed by atoms with Crippen LogP contribution in [0.25, 0.3) is 16.8 Å². The van der Waals surface area contributed by atoms with Crippen molar-refractivity contribution in [1.82, 2.24) is 0 Å². The first kappa shape index (κ1) is 16.2. The zero-order valence-corrected chi connectivity index (χ0v) is 14.4. The summed E-state index contributed by atoms with van der Waals surface area (Å²) in [5.41, 5.74) is 0.989. The van der Waals surface area contributed by atoms with Crippen molar-refractivity contribution >= 4 is 16.8 Å². The average molecular weight is 364 g/mol. The zero-order chi connectivity index (χ0) is 10.1. The predicted octanol–water partition coefficient (Wildman–Crippen LogP) is 2.89. The predicted molar refractivity (Wildman–Crippen MR) is 57.4 cm³/mol. The Balaban J connectivity index is 0.00000112. The van der Waals surface area contributed by atoms with E-state index in [-0.39, 0.29) is 76.9 Å². The summed E-state index contributed by atoms with van der Waals surface area (Å²) in [6, 6.07) is 8.77. The number of phenolic OH excluding ortho intramolecular Hbond substituents is 2. The molecule has 2 aromatic rings. The number of hydrogen-bond acceptors (Lipinski definition) is 2. The van der Waals surface area contributed by atoms with E-state index in [1.807, 2.05) is 18.2 Å². The summed E-state index contributed by atoms with van der Waals surface area (Å²) in [5.74, 6) is -0.192. The molecule has 0 heterocycles. The molecule has 0 aliphatic rings. The molecule has 76 valence electrons. The Bertz CT molecular complexity index is 510. The number of phenols is 2. The second-order valence-electron chi connectivity index (χ2n) is 3.15. The first-order valence-corrected chi connectivity index (χ1v) is 4.29. The van der Waals surface area contributed by atoms with Crippen LogP contribution in [-0.2, 0) is 65.4 Å². The molecule has 0 atom stereocenters. The normalized spacial score (nSPS) is 9.00. The van der Waals surface area contributed by atoms with Gasteiger partial charge in [-0.25, -0.2) is 0 Å². The van der Waals surface area contributed by atoms with Gasteiger partial charge in [-0.1, -0.05) is 24.8 Å². The molecule has 2 radical (unpaired) electrons. The smallest absolute Gasteiger partial charge is 0.158 e. The maximum atomic E-state index is 9.31. The van der Waals surface area contributed by atoms with Crippen molar-refractivity contribution in [3.8, 4) is 11.5 Å². The van der Waals surface area contributed by atoms with E-state index in [0.717, 1.165) is 16.3 Å². The molecule has 0 aromatic heterocycles. The van der Waals surface area contributed by atoms with Crippen molar-refractivity contribution in [1.29, 1.82) is 0 Å². The van der Waals surface area contributed by atoms with E-state index in [2.05, 4.69) is 6.58 Å². The quantitative estimate of drug-likeness (QED) is 0.765. The summed E-state index contributed by atoms with van der Waals surface area (Å²) < 4.78 is 0. The third kappa shape index (κ3) is 3.37. The number of benzene rings is 2. The van der Waals surface area contributed by atoms with Gasteiger partial charge in [-0.05, 0) is 34.5 Å². The Kier molecular flexibility index (Phi) is 6.96. The van der Waals surface area contributed by atoms with Crippen LogP contribution in [0, 0.1) is 0 Å². The molecule has 0 aliphatic carbocycles.